The van der Waals surface area contributed by atoms with Gasteiger partial charge in [-0.15, -0.1) is 0 Å². The molecule has 0 saturated heterocycles. The average molecular weight is 436 g/mol. The first kappa shape index (κ1) is 19.0. The minimum Gasteiger partial charge on any atom is -0.454 e. The Balaban J connectivity index is 1.38. The van der Waals surface area contributed by atoms with Gasteiger partial charge < -0.3 is 9.73 Å². The summed E-state index contributed by atoms with van der Waals surface area (Å²) in [6.07, 6.45) is 0. The van der Waals surface area contributed by atoms with Crippen LogP contribution in [-0.2, 0) is 0 Å². The number of rotatable bonds is 3. The van der Waals surface area contributed by atoms with Crippen LogP contribution in [0.1, 0.15) is 0 Å². The standard InChI is InChI=1S/C32H21NO/c1-2-9-22-20-23(17-16-21(22)8-1)24-18-19-29(26-11-4-3-10-25(24)26)33-30-14-7-13-28-27-12-5-6-15-31(27)34-32(28)30/h1-20,33H. The summed E-state index contributed by atoms with van der Waals surface area (Å²) in [5.74, 6) is 0. The topological polar surface area (TPSA) is 25.2 Å². The molecule has 6 aromatic carbocycles. The second-order valence-corrected chi connectivity index (χ2v) is 8.67. The highest BCUT2D eigenvalue weighted by Gasteiger charge is 2.13. The van der Waals surface area contributed by atoms with Crippen LogP contribution in [0.25, 0.3) is 54.6 Å². The van der Waals surface area contributed by atoms with Gasteiger partial charge in [-0.1, -0.05) is 97.1 Å². The Morgan fingerprint density at radius 3 is 2.12 bits per heavy atom. The van der Waals surface area contributed by atoms with Gasteiger partial charge in [0.1, 0.15) is 5.58 Å². The Bertz CT molecular complexity index is 1840. The van der Waals surface area contributed by atoms with Gasteiger partial charge in [-0.05, 0) is 51.6 Å². The number of benzene rings is 6. The Hall–Kier alpha value is -4.56. The average Bonchev–Trinajstić information content (AvgIpc) is 3.28. The molecule has 0 aliphatic heterocycles. The van der Waals surface area contributed by atoms with E-state index in [0.717, 1.165) is 33.3 Å². The molecule has 1 aromatic heterocycles. The number of hydrogen-bond donors (Lipinski definition) is 1. The van der Waals surface area contributed by atoms with E-state index in [2.05, 4.69) is 115 Å². The van der Waals surface area contributed by atoms with Crippen molar-refractivity contribution in [1.29, 1.82) is 0 Å². The molecule has 0 amide bonds. The number of furan rings is 1. The number of hydrogen-bond acceptors (Lipinski definition) is 2. The van der Waals surface area contributed by atoms with Crippen LogP contribution < -0.4 is 5.32 Å². The highest BCUT2D eigenvalue weighted by Crippen LogP contribution is 2.38. The van der Waals surface area contributed by atoms with Crippen molar-refractivity contribution in [3.05, 3.63) is 121 Å². The van der Waals surface area contributed by atoms with E-state index in [0.29, 0.717) is 0 Å². The maximum absolute atomic E-state index is 6.24. The second-order valence-electron chi connectivity index (χ2n) is 8.67. The molecule has 0 spiro atoms. The molecule has 2 nitrogen and oxygen atoms in total. The van der Waals surface area contributed by atoms with Gasteiger partial charge in [-0.25, -0.2) is 0 Å². The zero-order valence-electron chi connectivity index (χ0n) is 18.5. The summed E-state index contributed by atoms with van der Waals surface area (Å²) in [5.41, 5.74) is 6.27. The third-order valence-corrected chi connectivity index (χ3v) is 6.66. The molecule has 0 aliphatic carbocycles. The fourth-order valence-electron chi connectivity index (χ4n) is 5.01. The summed E-state index contributed by atoms with van der Waals surface area (Å²) in [7, 11) is 0. The highest BCUT2D eigenvalue weighted by atomic mass is 16.3. The highest BCUT2D eigenvalue weighted by molar-refractivity contribution is 6.11. The monoisotopic (exact) mass is 435 g/mol. The summed E-state index contributed by atoms with van der Waals surface area (Å²) >= 11 is 0. The van der Waals surface area contributed by atoms with Crippen molar-refractivity contribution < 1.29 is 4.42 Å². The van der Waals surface area contributed by atoms with Crippen LogP contribution >= 0.6 is 0 Å². The van der Waals surface area contributed by atoms with E-state index in [1.807, 2.05) is 12.1 Å². The Kier molecular flexibility index (Phi) is 4.18. The van der Waals surface area contributed by atoms with Crippen LogP contribution in [0.3, 0.4) is 0 Å². The predicted molar refractivity (Wildman–Crippen MR) is 144 cm³/mol. The van der Waals surface area contributed by atoms with Gasteiger partial charge in [0.15, 0.2) is 5.58 Å². The molecule has 0 bridgehead atoms. The van der Waals surface area contributed by atoms with Gasteiger partial charge in [-0.3, -0.25) is 0 Å². The first-order chi connectivity index (χ1) is 16.8. The first-order valence-corrected chi connectivity index (χ1v) is 11.5. The van der Waals surface area contributed by atoms with E-state index < -0.39 is 0 Å². The summed E-state index contributed by atoms with van der Waals surface area (Å²) in [5, 5.41) is 10.8. The van der Waals surface area contributed by atoms with Crippen molar-refractivity contribution >= 4 is 54.9 Å². The first-order valence-electron chi connectivity index (χ1n) is 11.5. The van der Waals surface area contributed by atoms with Crippen molar-refractivity contribution in [2.45, 2.75) is 0 Å². The minimum atomic E-state index is 0.881. The lowest BCUT2D eigenvalue weighted by Gasteiger charge is -2.14. The normalized spacial score (nSPS) is 11.5. The lowest BCUT2D eigenvalue weighted by Crippen LogP contribution is -1.93. The molecule has 7 rings (SSSR count). The molecular weight excluding hydrogens is 414 g/mol. The van der Waals surface area contributed by atoms with Gasteiger partial charge in [0.2, 0.25) is 0 Å². The van der Waals surface area contributed by atoms with Crippen molar-refractivity contribution in [3.63, 3.8) is 0 Å². The third kappa shape index (κ3) is 2.96. The Labute approximate surface area is 197 Å². The molecule has 7 aromatic rings. The lowest BCUT2D eigenvalue weighted by molar-refractivity contribution is 0.670. The summed E-state index contributed by atoms with van der Waals surface area (Å²) in [6.45, 7) is 0. The lowest BCUT2D eigenvalue weighted by atomic mass is 9.95. The summed E-state index contributed by atoms with van der Waals surface area (Å²) in [4.78, 5) is 0. The fourth-order valence-corrected chi connectivity index (χ4v) is 5.01. The van der Waals surface area contributed by atoms with Crippen LogP contribution in [0.15, 0.2) is 126 Å². The number of anilines is 2. The summed E-state index contributed by atoms with van der Waals surface area (Å²) < 4.78 is 6.24. The molecule has 2 heteroatoms. The van der Waals surface area contributed by atoms with Gasteiger partial charge >= 0.3 is 0 Å². The molecule has 1 heterocycles. The largest absolute Gasteiger partial charge is 0.454 e. The van der Waals surface area contributed by atoms with Gasteiger partial charge in [0, 0.05) is 21.8 Å². The van der Waals surface area contributed by atoms with Crippen molar-refractivity contribution in [1.82, 2.24) is 0 Å². The molecule has 34 heavy (non-hydrogen) atoms. The van der Waals surface area contributed by atoms with Crippen molar-refractivity contribution in [2.24, 2.45) is 0 Å². The van der Waals surface area contributed by atoms with Crippen LogP contribution in [0, 0.1) is 0 Å². The zero-order valence-corrected chi connectivity index (χ0v) is 18.5. The van der Waals surface area contributed by atoms with E-state index >= 15 is 0 Å². The maximum atomic E-state index is 6.24. The second kappa shape index (κ2) is 7.50. The summed E-state index contributed by atoms with van der Waals surface area (Å²) in [6, 6.07) is 42.6. The Morgan fingerprint density at radius 1 is 0.471 bits per heavy atom. The number of fused-ring (bicyclic) bond motifs is 5. The fraction of sp³-hybridized carbons (Fsp3) is 0. The number of nitrogens with one attached hydrogen (secondary N) is 1. The van der Waals surface area contributed by atoms with E-state index in [9.17, 15) is 0 Å². The van der Waals surface area contributed by atoms with E-state index in [-0.39, 0.29) is 0 Å². The van der Waals surface area contributed by atoms with Crippen molar-refractivity contribution in [3.8, 4) is 11.1 Å². The SMILES string of the molecule is c1ccc2cc(-c3ccc(Nc4cccc5c4oc4ccccc45)c4ccccc34)ccc2c1. The van der Waals surface area contributed by atoms with Crippen LogP contribution in [0.4, 0.5) is 11.4 Å². The molecule has 0 atom stereocenters. The quantitative estimate of drug-likeness (QED) is 0.299. The van der Waals surface area contributed by atoms with Crippen LogP contribution in [0.5, 0.6) is 0 Å². The maximum Gasteiger partial charge on any atom is 0.158 e. The molecule has 1 N–H and O–H groups in total. The predicted octanol–water partition coefficient (Wildman–Crippen LogP) is 9.30. The van der Waals surface area contributed by atoms with Crippen molar-refractivity contribution in [2.75, 3.05) is 5.32 Å². The van der Waals surface area contributed by atoms with Crippen LogP contribution in [-0.4, -0.2) is 0 Å². The molecule has 0 saturated carbocycles. The molecule has 0 unspecified atom stereocenters. The molecule has 0 aliphatic rings. The van der Waals surface area contributed by atoms with Gasteiger partial charge in [0.25, 0.3) is 0 Å². The minimum absolute atomic E-state index is 0.881. The third-order valence-electron chi connectivity index (χ3n) is 6.66. The molecule has 0 fully saturated rings. The number of para-hydroxylation sites is 2. The Morgan fingerprint density at radius 2 is 1.21 bits per heavy atom. The zero-order chi connectivity index (χ0) is 22.5. The van der Waals surface area contributed by atoms with Gasteiger partial charge in [0.05, 0.1) is 5.69 Å². The van der Waals surface area contributed by atoms with Crippen LogP contribution in [0.2, 0.25) is 0 Å². The van der Waals surface area contributed by atoms with E-state index in [1.165, 1.54) is 32.7 Å². The van der Waals surface area contributed by atoms with E-state index in [4.69, 9.17) is 4.42 Å². The molecule has 0 radical (unpaired) electrons. The van der Waals surface area contributed by atoms with E-state index in [1.54, 1.807) is 0 Å². The smallest absolute Gasteiger partial charge is 0.158 e. The van der Waals surface area contributed by atoms with Gasteiger partial charge in [-0.2, -0.15) is 0 Å². The molecule has 160 valence electrons. The molecular formula is C32H21NO.